The monoisotopic (exact) mass is 184 g/mol. The van der Waals surface area contributed by atoms with Crippen molar-refractivity contribution in [1.82, 2.24) is 0 Å². The summed E-state index contributed by atoms with van der Waals surface area (Å²) in [6.07, 6.45) is 4.30. The van der Waals surface area contributed by atoms with Gasteiger partial charge < -0.3 is 14.6 Å². The van der Waals surface area contributed by atoms with Crippen molar-refractivity contribution < 1.29 is 19.4 Å². The van der Waals surface area contributed by atoms with Gasteiger partial charge in [0, 0.05) is 0 Å². The number of carbonyl (C=O) groups is 1. The number of methoxy groups -OCH3 is 1. The van der Waals surface area contributed by atoms with E-state index in [4.69, 9.17) is 4.74 Å². The van der Waals surface area contributed by atoms with E-state index in [1.54, 1.807) is 6.08 Å². The molecule has 0 aromatic rings. The molecule has 0 saturated carbocycles. The third-order valence-corrected chi connectivity index (χ3v) is 2.70. The number of rotatable bonds is 2. The van der Waals surface area contributed by atoms with E-state index in [-0.39, 0.29) is 18.8 Å². The Bertz CT molecular complexity index is 260. The Balaban J connectivity index is 2.27. The molecule has 1 fully saturated rings. The zero-order valence-electron chi connectivity index (χ0n) is 7.40. The minimum absolute atomic E-state index is 0.0937. The van der Waals surface area contributed by atoms with Crippen LogP contribution in [-0.4, -0.2) is 37.0 Å². The highest BCUT2D eigenvalue weighted by molar-refractivity contribution is 5.81. The fourth-order valence-electron chi connectivity index (χ4n) is 1.86. The van der Waals surface area contributed by atoms with Gasteiger partial charge in [0.1, 0.15) is 11.5 Å². The molecule has 1 aliphatic carbocycles. The summed E-state index contributed by atoms with van der Waals surface area (Å²) >= 11 is 0. The first-order valence-corrected chi connectivity index (χ1v) is 4.27. The van der Waals surface area contributed by atoms with E-state index in [1.807, 2.05) is 6.08 Å². The molecule has 2 rings (SSSR count). The van der Waals surface area contributed by atoms with Crippen molar-refractivity contribution >= 4 is 5.97 Å². The molecule has 3 atom stereocenters. The maximum Gasteiger partial charge on any atom is 0.320 e. The molecule has 1 aliphatic heterocycles. The molecule has 0 radical (unpaired) electrons. The van der Waals surface area contributed by atoms with Crippen molar-refractivity contribution in [3.05, 3.63) is 12.2 Å². The Labute approximate surface area is 76.1 Å². The van der Waals surface area contributed by atoms with Gasteiger partial charge in [0.05, 0.1) is 19.8 Å². The third kappa shape index (κ3) is 1.09. The van der Waals surface area contributed by atoms with E-state index in [0.29, 0.717) is 0 Å². The van der Waals surface area contributed by atoms with Crippen LogP contribution in [0, 0.1) is 5.41 Å². The largest absolute Gasteiger partial charge is 0.468 e. The third-order valence-electron chi connectivity index (χ3n) is 2.70. The van der Waals surface area contributed by atoms with Crippen LogP contribution in [0.15, 0.2) is 12.2 Å². The van der Waals surface area contributed by atoms with E-state index < -0.39 is 11.4 Å². The summed E-state index contributed by atoms with van der Waals surface area (Å²) in [5.74, 6) is -0.418. The SMILES string of the molecule is COC(=O)C1(CO)C=CCC2OC21. The van der Waals surface area contributed by atoms with Crippen LogP contribution in [-0.2, 0) is 14.3 Å². The first kappa shape index (κ1) is 8.72. The van der Waals surface area contributed by atoms with Crippen LogP contribution >= 0.6 is 0 Å². The second kappa shape index (κ2) is 2.82. The lowest BCUT2D eigenvalue weighted by Crippen LogP contribution is -2.41. The van der Waals surface area contributed by atoms with Crippen molar-refractivity contribution in [3.63, 3.8) is 0 Å². The highest BCUT2D eigenvalue weighted by Gasteiger charge is 2.59. The molecule has 1 N–H and O–H groups in total. The second-order valence-electron chi connectivity index (χ2n) is 3.42. The number of hydrogen-bond acceptors (Lipinski definition) is 4. The number of fused-ring (bicyclic) bond motifs is 1. The molecule has 3 unspecified atom stereocenters. The molecule has 0 aromatic carbocycles. The minimum Gasteiger partial charge on any atom is -0.468 e. The number of aliphatic hydroxyl groups is 1. The second-order valence-corrected chi connectivity index (χ2v) is 3.42. The average Bonchev–Trinajstić information content (AvgIpc) is 2.95. The summed E-state index contributed by atoms with van der Waals surface area (Å²) < 4.78 is 9.94. The van der Waals surface area contributed by atoms with Crippen molar-refractivity contribution in [2.45, 2.75) is 18.6 Å². The van der Waals surface area contributed by atoms with Gasteiger partial charge in [0.2, 0.25) is 0 Å². The molecule has 0 aromatic heterocycles. The predicted octanol–water partition coefficient (Wildman–Crippen LogP) is -0.135. The smallest absolute Gasteiger partial charge is 0.320 e. The first-order valence-electron chi connectivity index (χ1n) is 4.27. The maximum atomic E-state index is 11.4. The summed E-state index contributed by atoms with van der Waals surface area (Å²) in [7, 11) is 1.32. The van der Waals surface area contributed by atoms with Gasteiger partial charge in [0.25, 0.3) is 0 Å². The number of carbonyl (C=O) groups excluding carboxylic acids is 1. The van der Waals surface area contributed by atoms with E-state index in [9.17, 15) is 9.90 Å². The lowest BCUT2D eigenvalue weighted by atomic mass is 9.79. The topological polar surface area (TPSA) is 59.1 Å². The lowest BCUT2D eigenvalue weighted by Gasteiger charge is -2.25. The zero-order valence-corrected chi connectivity index (χ0v) is 7.40. The van der Waals surface area contributed by atoms with Crippen LogP contribution in [0.5, 0.6) is 0 Å². The molecule has 4 heteroatoms. The average molecular weight is 184 g/mol. The van der Waals surface area contributed by atoms with Crippen molar-refractivity contribution in [1.29, 1.82) is 0 Å². The number of hydrogen-bond donors (Lipinski definition) is 1. The standard InChI is InChI=1S/C9H12O4/c1-12-8(11)9(5-10)4-2-3-6-7(9)13-6/h2,4,6-7,10H,3,5H2,1H3. The molecule has 2 aliphatic rings. The maximum absolute atomic E-state index is 11.4. The van der Waals surface area contributed by atoms with Gasteiger partial charge in [-0.15, -0.1) is 0 Å². The van der Waals surface area contributed by atoms with E-state index in [0.717, 1.165) is 6.42 Å². The predicted molar refractivity (Wildman–Crippen MR) is 44.0 cm³/mol. The fraction of sp³-hybridized carbons (Fsp3) is 0.667. The van der Waals surface area contributed by atoms with Crippen molar-refractivity contribution in [2.24, 2.45) is 5.41 Å². The van der Waals surface area contributed by atoms with Crippen molar-refractivity contribution in [2.75, 3.05) is 13.7 Å². The molecular formula is C9H12O4. The Hall–Kier alpha value is -0.870. The molecule has 0 amide bonds. The molecule has 0 spiro atoms. The summed E-state index contributed by atoms with van der Waals surface area (Å²) in [4.78, 5) is 11.4. The molecule has 4 nitrogen and oxygen atoms in total. The van der Waals surface area contributed by atoms with Crippen LogP contribution in [0.3, 0.4) is 0 Å². The Morgan fingerprint density at radius 3 is 3.23 bits per heavy atom. The highest BCUT2D eigenvalue weighted by Crippen LogP contribution is 2.45. The van der Waals surface area contributed by atoms with Gasteiger partial charge in [-0.25, -0.2) is 0 Å². The molecule has 72 valence electrons. The van der Waals surface area contributed by atoms with Gasteiger partial charge in [-0.3, -0.25) is 4.79 Å². The number of aliphatic hydroxyl groups excluding tert-OH is 1. The first-order chi connectivity index (χ1) is 6.24. The number of esters is 1. The van der Waals surface area contributed by atoms with Crippen LogP contribution in [0.2, 0.25) is 0 Å². The summed E-state index contributed by atoms with van der Waals surface area (Å²) in [5.41, 5.74) is -0.947. The van der Waals surface area contributed by atoms with Crippen LogP contribution < -0.4 is 0 Å². The van der Waals surface area contributed by atoms with E-state index in [2.05, 4.69) is 4.74 Å². The summed E-state index contributed by atoms with van der Waals surface area (Å²) in [6, 6.07) is 0. The van der Waals surface area contributed by atoms with Gasteiger partial charge in [-0.2, -0.15) is 0 Å². The summed E-state index contributed by atoms with van der Waals surface area (Å²) in [5, 5.41) is 9.21. The highest BCUT2D eigenvalue weighted by atomic mass is 16.6. The quantitative estimate of drug-likeness (QED) is 0.369. The van der Waals surface area contributed by atoms with Crippen molar-refractivity contribution in [3.8, 4) is 0 Å². The molecule has 0 bridgehead atoms. The molecule has 1 saturated heterocycles. The number of ether oxygens (including phenoxy) is 2. The van der Waals surface area contributed by atoms with Gasteiger partial charge in [-0.1, -0.05) is 12.2 Å². The van der Waals surface area contributed by atoms with E-state index in [1.165, 1.54) is 7.11 Å². The normalized spacial score (nSPS) is 41.1. The Kier molecular flexibility index (Phi) is 1.89. The van der Waals surface area contributed by atoms with Crippen LogP contribution in [0.4, 0.5) is 0 Å². The van der Waals surface area contributed by atoms with Gasteiger partial charge >= 0.3 is 5.97 Å². The Morgan fingerprint density at radius 1 is 1.85 bits per heavy atom. The van der Waals surface area contributed by atoms with Crippen LogP contribution in [0.25, 0.3) is 0 Å². The Morgan fingerprint density at radius 2 is 2.62 bits per heavy atom. The number of epoxide rings is 1. The lowest BCUT2D eigenvalue weighted by molar-refractivity contribution is -0.153. The molecule has 1 heterocycles. The van der Waals surface area contributed by atoms with Gasteiger partial charge in [0.15, 0.2) is 0 Å². The summed E-state index contributed by atoms with van der Waals surface area (Å²) in [6.45, 7) is -0.253. The molecular weight excluding hydrogens is 172 g/mol. The van der Waals surface area contributed by atoms with E-state index >= 15 is 0 Å². The zero-order chi connectivity index (χ0) is 9.47. The fourth-order valence-corrected chi connectivity index (χ4v) is 1.86. The molecule has 13 heavy (non-hydrogen) atoms. The van der Waals surface area contributed by atoms with Gasteiger partial charge in [-0.05, 0) is 6.42 Å². The minimum atomic E-state index is -0.947. The van der Waals surface area contributed by atoms with Crippen LogP contribution in [0.1, 0.15) is 6.42 Å².